The number of hydrogen-bond donors (Lipinski definition) is 0. The largest absolute Gasteiger partial charge is 0.0622 e. The van der Waals surface area contributed by atoms with Crippen molar-refractivity contribution in [3.05, 3.63) is 108 Å². The average molecular weight is 358 g/mol. The lowest BCUT2D eigenvalue weighted by molar-refractivity contribution is 1.39. The summed E-state index contributed by atoms with van der Waals surface area (Å²) in [5.41, 5.74) is 7.81. The van der Waals surface area contributed by atoms with E-state index in [2.05, 4.69) is 111 Å². The van der Waals surface area contributed by atoms with Crippen LogP contribution in [0.1, 0.15) is 11.1 Å². The highest BCUT2D eigenvalue weighted by Gasteiger charge is 2.16. The second-order valence-electron chi connectivity index (χ2n) is 7.58. The predicted molar refractivity (Wildman–Crippen MR) is 122 cm³/mol. The lowest BCUT2D eigenvalue weighted by atomic mass is 9.85. The number of rotatable bonds is 2. The van der Waals surface area contributed by atoms with E-state index in [0.717, 1.165) is 0 Å². The van der Waals surface area contributed by atoms with Crippen LogP contribution in [0.5, 0.6) is 0 Å². The molecule has 0 spiro atoms. The Labute approximate surface area is 166 Å². The van der Waals surface area contributed by atoms with Crippen LogP contribution in [0, 0.1) is 13.8 Å². The van der Waals surface area contributed by atoms with Crippen LogP contribution < -0.4 is 0 Å². The molecule has 0 bridgehead atoms. The topological polar surface area (TPSA) is 0 Å². The summed E-state index contributed by atoms with van der Waals surface area (Å²) in [6.45, 7) is 4.36. The predicted octanol–water partition coefficient (Wildman–Crippen LogP) is 7.94. The fourth-order valence-corrected chi connectivity index (χ4v) is 4.47. The first-order chi connectivity index (χ1) is 13.7. The molecule has 0 fully saturated rings. The lowest BCUT2D eigenvalue weighted by Gasteiger charge is -2.18. The molecule has 0 aliphatic rings. The van der Waals surface area contributed by atoms with Crippen LogP contribution in [0.3, 0.4) is 0 Å². The van der Waals surface area contributed by atoms with Crippen LogP contribution in [-0.2, 0) is 0 Å². The maximum absolute atomic E-state index is 2.31. The van der Waals surface area contributed by atoms with Gasteiger partial charge in [-0.15, -0.1) is 0 Å². The summed E-state index contributed by atoms with van der Waals surface area (Å²) in [5, 5.41) is 5.23. The Balaban J connectivity index is 2.00. The molecule has 0 aromatic heterocycles. The normalized spacial score (nSPS) is 11.2. The third-order valence-corrected chi connectivity index (χ3v) is 5.50. The van der Waals surface area contributed by atoms with Gasteiger partial charge >= 0.3 is 0 Å². The first-order valence-electron chi connectivity index (χ1n) is 9.80. The van der Waals surface area contributed by atoms with Crippen molar-refractivity contribution in [1.29, 1.82) is 0 Å². The molecule has 0 aliphatic heterocycles. The van der Waals surface area contributed by atoms with Gasteiger partial charge in [-0.25, -0.2) is 0 Å². The summed E-state index contributed by atoms with van der Waals surface area (Å²) < 4.78 is 0. The third-order valence-electron chi connectivity index (χ3n) is 5.50. The molecule has 0 saturated carbocycles. The van der Waals surface area contributed by atoms with Crippen molar-refractivity contribution < 1.29 is 0 Å². The van der Waals surface area contributed by atoms with Crippen LogP contribution in [0.15, 0.2) is 97.1 Å². The maximum atomic E-state index is 2.31. The summed E-state index contributed by atoms with van der Waals surface area (Å²) in [6, 6.07) is 35.3. The van der Waals surface area contributed by atoms with Gasteiger partial charge in [0, 0.05) is 0 Å². The van der Waals surface area contributed by atoms with E-state index >= 15 is 0 Å². The Hall–Kier alpha value is -3.38. The minimum atomic E-state index is 1.27. The molecule has 0 amide bonds. The van der Waals surface area contributed by atoms with Gasteiger partial charge < -0.3 is 0 Å². The van der Waals surface area contributed by atoms with E-state index in [0.29, 0.717) is 0 Å². The van der Waals surface area contributed by atoms with E-state index < -0.39 is 0 Å². The molecule has 5 aromatic carbocycles. The number of fused-ring (bicyclic) bond motifs is 2. The summed E-state index contributed by atoms with van der Waals surface area (Å²) in [5.74, 6) is 0. The van der Waals surface area contributed by atoms with Crippen molar-refractivity contribution in [1.82, 2.24) is 0 Å². The Morgan fingerprint density at radius 1 is 0.393 bits per heavy atom. The average Bonchev–Trinajstić information content (AvgIpc) is 2.71. The van der Waals surface area contributed by atoms with Crippen molar-refractivity contribution in [2.45, 2.75) is 13.8 Å². The van der Waals surface area contributed by atoms with E-state index in [4.69, 9.17) is 0 Å². The zero-order valence-electron chi connectivity index (χ0n) is 16.2. The van der Waals surface area contributed by atoms with Crippen molar-refractivity contribution in [3.63, 3.8) is 0 Å². The van der Waals surface area contributed by atoms with E-state index in [9.17, 15) is 0 Å². The van der Waals surface area contributed by atoms with E-state index in [1.165, 1.54) is 54.9 Å². The van der Waals surface area contributed by atoms with Gasteiger partial charge in [0.25, 0.3) is 0 Å². The smallest absolute Gasteiger partial charge is 0.00262 e. The minimum absolute atomic E-state index is 1.27. The van der Waals surface area contributed by atoms with Gasteiger partial charge in [-0.2, -0.15) is 0 Å². The fourth-order valence-electron chi connectivity index (χ4n) is 4.47. The second kappa shape index (κ2) is 6.65. The van der Waals surface area contributed by atoms with Crippen molar-refractivity contribution in [2.24, 2.45) is 0 Å². The summed E-state index contributed by atoms with van der Waals surface area (Å²) >= 11 is 0. The molecule has 0 saturated heterocycles. The molecule has 0 heterocycles. The Morgan fingerprint density at radius 3 is 1.25 bits per heavy atom. The number of hydrogen-bond acceptors (Lipinski definition) is 0. The molecule has 0 aliphatic carbocycles. The summed E-state index contributed by atoms with van der Waals surface area (Å²) in [7, 11) is 0. The van der Waals surface area contributed by atoms with Gasteiger partial charge in [-0.05, 0) is 57.6 Å². The first kappa shape index (κ1) is 16.8. The summed E-state index contributed by atoms with van der Waals surface area (Å²) in [4.78, 5) is 0. The molecule has 0 atom stereocenters. The third kappa shape index (κ3) is 2.70. The fraction of sp³-hybridized carbons (Fsp3) is 0.0714. The Bertz CT molecular complexity index is 1230. The molecular weight excluding hydrogens is 336 g/mol. The first-order valence-corrected chi connectivity index (χ1v) is 9.80. The molecule has 0 unspecified atom stereocenters. The van der Waals surface area contributed by atoms with E-state index in [1.807, 2.05) is 0 Å². The van der Waals surface area contributed by atoms with Gasteiger partial charge in [-0.1, -0.05) is 108 Å². The van der Waals surface area contributed by atoms with E-state index in [1.54, 1.807) is 0 Å². The number of benzene rings is 5. The molecule has 5 aromatic rings. The van der Waals surface area contributed by atoms with Crippen LogP contribution in [-0.4, -0.2) is 0 Å². The van der Waals surface area contributed by atoms with Crippen LogP contribution in [0.2, 0.25) is 0 Å². The highest BCUT2D eigenvalue weighted by atomic mass is 14.2. The second-order valence-corrected chi connectivity index (χ2v) is 7.58. The zero-order valence-corrected chi connectivity index (χ0v) is 16.2. The molecule has 5 rings (SSSR count). The molecule has 0 heteroatoms. The maximum Gasteiger partial charge on any atom is -0.00262 e. The van der Waals surface area contributed by atoms with Crippen molar-refractivity contribution in [2.75, 3.05) is 0 Å². The van der Waals surface area contributed by atoms with Gasteiger partial charge in [-0.3, -0.25) is 0 Å². The van der Waals surface area contributed by atoms with Crippen molar-refractivity contribution in [3.8, 4) is 22.3 Å². The standard InChI is InChI=1S/C28H22/c1-19-16-20(2)18-22(17-19)28-25-14-8-6-12-23(25)27(21-10-4-3-5-11-21)24-13-7-9-15-26(24)28/h3-18H,1-2H3. The molecule has 134 valence electrons. The SMILES string of the molecule is Cc1cc(C)cc(-c2c3ccccc3c(-c3ccccc3)c3ccccc23)c1. The Kier molecular flexibility index (Phi) is 3.98. The van der Waals surface area contributed by atoms with Gasteiger partial charge in [0.1, 0.15) is 0 Å². The lowest BCUT2D eigenvalue weighted by Crippen LogP contribution is -1.91. The van der Waals surface area contributed by atoms with Crippen LogP contribution >= 0.6 is 0 Å². The molecule has 0 radical (unpaired) electrons. The Morgan fingerprint density at radius 2 is 0.786 bits per heavy atom. The van der Waals surface area contributed by atoms with Gasteiger partial charge in [0.15, 0.2) is 0 Å². The highest BCUT2D eigenvalue weighted by Crippen LogP contribution is 2.43. The zero-order chi connectivity index (χ0) is 19.1. The highest BCUT2D eigenvalue weighted by molar-refractivity contribution is 6.21. The molecule has 28 heavy (non-hydrogen) atoms. The molecular formula is C28H22. The van der Waals surface area contributed by atoms with E-state index in [-0.39, 0.29) is 0 Å². The minimum Gasteiger partial charge on any atom is -0.0622 e. The summed E-state index contributed by atoms with van der Waals surface area (Å²) in [6.07, 6.45) is 0. The van der Waals surface area contributed by atoms with Crippen molar-refractivity contribution >= 4 is 21.5 Å². The monoisotopic (exact) mass is 358 g/mol. The quantitative estimate of drug-likeness (QED) is 0.281. The molecule has 0 nitrogen and oxygen atoms in total. The van der Waals surface area contributed by atoms with Crippen LogP contribution in [0.25, 0.3) is 43.8 Å². The molecule has 0 N–H and O–H groups in total. The van der Waals surface area contributed by atoms with Gasteiger partial charge in [0.05, 0.1) is 0 Å². The van der Waals surface area contributed by atoms with Crippen LogP contribution in [0.4, 0.5) is 0 Å². The number of aryl methyl sites for hydroxylation is 2. The van der Waals surface area contributed by atoms with Gasteiger partial charge in [0.2, 0.25) is 0 Å².